The third kappa shape index (κ3) is 6.12. The summed E-state index contributed by atoms with van der Waals surface area (Å²) in [5.74, 6) is -0.296. The summed E-state index contributed by atoms with van der Waals surface area (Å²) >= 11 is 0. The average Bonchev–Trinajstić information content (AvgIpc) is 2.90. The van der Waals surface area contributed by atoms with Crippen LogP contribution in [-0.4, -0.2) is 47.2 Å². The molecule has 1 heterocycles. The van der Waals surface area contributed by atoms with Gasteiger partial charge in [-0.3, -0.25) is 9.52 Å². The Kier molecular flexibility index (Phi) is 7.86. The quantitative estimate of drug-likeness (QED) is 0.445. The van der Waals surface area contributed by atoms with E-state index in [1.807, 2.05) is 19.1 Å². The first-order chi connectivity index (χ1) is 17.6. The van der Waals surface area contributed by atoms with Crippen molar-refractivity contribution >= 4 is 37.3 Å². The molecule has 0 aromatic heterocycles. The molecule has 0 unspecified atom stereocenters. The molecule has 1 fully saturated rings. The number of nitrogens with one attached hydrogen (secondary N) is 2. The molecule has 3 aromatic rings. The molecule has 0 spiro atoms. The van der Waals surface area contributed by atoms with Crippen LogP contribution in [0.3, 0.4) is 0 Å². The minimum absolute atomic E-state index is 0.0585. The summed E-state index contributed by atoms with van der Waals surface area (Å²) in [7, 11) is -6.05. The van der Waals surface area contributed by atoms with E-state index in [4.69, 9.17) is 4.74 Å². The van der Waals surface area contributed by atoms with Crippen molar-refractivity contribution in [3.05, 3.63) is 78.4 Å². The predicted octanol–water partition coefficient (Wildman–Crippen LogP) is 3.84. The lowest BCUT2D eigenvalue weighted by Gasteiger charge is -2.31. The van der Waals surface area contributed by atoms with Crippen molar-refractivity contribution in [1.29, 1.82) is 0 Å². The number of sulfonamides is 2. The molecule has 2 N–H and O–H groups in total. The Morgan fingerprint density at radius 1 is 0.919 bits per heavy atom. The number of nitrogens with zero attached hydrogens (tertiary/aromatic N) is 1. The van der Waals surface area contributed by atoms with E-state index in [0.29, 0.717) is 36.5 Å². The first-order valence-corrected chi connectivity index (χ1v) is 14.7. The minimum Gasteiger partial charge on any atom is -0.497 e. The third-order valence-electron chi connectivity index (χ3n) is 6.27. The number of amides is 1. The van der Waals surface area contributed by atoms with Crippen molar-refractivity contribution < 1.29 is 26.4 Å². The highest BCUT2D eigenvalue weighted by molar-refractivity contribution is 7.92. The van der Waals surface area contributed by atoms with Gasteiger partial charge in [-0.1, -0.05) is 18.2 Å². The zero-order chi connectivity index (χ0) is 26.6. The lowest BCUT2D eigenvalue weighted by Crippen LogP contribution is -2.43. The number of carbonyl (C=O) groups excluding carboxylic acids is 1. The topological polar surface area (TPSA) is 122 Å². The van der Waals surface area contributed by atoms with Crippen molar-refractivity contribution in [1.82, 2.24) is 4.31 Å². The second-order valence-electron chi connectivity index (χ2n) is 8.81. The fourth-order valence-corrected chi connectivity index (χ4v) is 6.78. The normalized spacial score (nSPS) is 16.6. The molecular weight excluding hydrogens is 514 g/mol. The summed E-state index contributed by atoms with van der Waals surface area (Å²) in [6, 6.07) is 19.1. The molecule has 1 aliphatic rings. The number of benzene rings is 3. The number of para-hydroxylation sites is 1. The number of ether oxygens (including phenoxy) is 1. The number of methoxy groups -OCH3 is 1. The highest BCUT2D eigenvalue weighted by Crippen LogP contribution is 2.26. The Morgan fingerprint density at radius 3 is 2.22 bits per heavy atom. The van der Waals surface area contributed by atoms with Crippen LogP contribution in [0.5, 0.6) is 5.75 Å². The van der Waals surface area contributed by atoms with Crippen LogP contribution in [0.2, 0.25) is 0 Å². The molecule has 0 saturated carbocycles. The van der Waals surface area contributed by atoms with Gasteiger partial charge in [0.05, 0.1) is 28.5 Å². The molecule has 3 aromatic carbocycles. The van der Waals surface area contributed by atoms with Gasteiger partial charge in [-0.2, -0.15) is 4.31 Å². The molecular formula is C26H29N3O6S2. The van der Waals surface area contributed by atoms with Crippen LogP contribution in [0.15, 0.2) is 82.6 Å². The zero-order valence-electron chi connectivity index (χ0n) is 20.5. The lowest BCUT2D eigenvalue weighted by atomic mass is 9.99. The van der Waals surface area contributed by atoms with Crippen molar-refractivity contribution in [2.75, 3.05) is 30.2 Å². The number of piperidine rings is 1. The maximum atomic E-state index is 13.1. The molecule has 11 heteroatoms. The molecule has 1 saturated heterocycles. The van der Waals surface area contributed by atoms with E-state index in [1.165, 1.54) is 47.8 Å². The molecule has 1 amide bonds. The highest BCUT2D eigenvalue weighted by Gasteiger charge is 2.33. The van der Waals surface area contributed by atoms with E-state index in [0.717, 1.165) is 5.56 Å². The fraction of sp³-hybridized carbons (Fsp3) is 0.269. The minimum atomic E-state index is -3.80. The van der Waals surface area contributed by atoms with E-state index >= 15 is 0 Å². The van der Waals surface area contributed by atoms with E-state index < -0.39 is 26.0 Å². The van der Waals surface area contributed by atoms with Gasteiger partial charge in [0.25, 0.3) is 10.0 Å². The van der Waals surface area contributed by atoms with Gasteiger partial charge in [-0.15, -0.1) is 0 Å². The van der Waals surface area contributed by atoms with Crippen molar-refractivity contribution in [3.8, 4) is 5.75 Å². The number of hydrogen-bond acceptors (Lipinski definition) is 6. The molecule has 4 rings (SSSR count). The largest absolute Gasteiger partial charge is 0.497 e. The smallest absolute Gasteiger partial charge is 0.261 e. The summed E-state index contributed by atoms with van der Waals surface area (Å²) in [6.45, 7) is 2.21. The first-order valence-electron chi connectivity index (χ1n) is 11.7. The Bertz CT molecular complexity index is 1470. The van der Waals surface area contributed by atoms with E-state index in [-0.39, 0.29) is 22.2 Å². The third-order valence-corrected chi connectivity index (χ3v) is 9.53. The number of aryl methyl sites for hydroxylation is 1. The Balaban J connectivity index is 1.41. The summed E-state index contributed by atoms with van der Waals surface area (Å²) in [5, 5.41) is 2.78. The summed E-state index contributed by atoms with van der Waals surface area (Å²) in [5.41, 5.74) is 1.71. The number of hydrogen-bond donors (Lipinski definition) is 2. The number of rotatable bonds is 8. The van der Waals surface area contributed by atoms with Gasteiger partial charge in [0, 0.05) is 18.8 Å². The zero-order valence-corrected chi connectivity index (χ0v) is 22.2. The molecule has 1 atom stereocenters. The maximum Gasteiger partial charge on any atom is 0.261 e. The van der Waals surface area contributed by atoms with Crippen LogP contribution in [0, 0.1) is 12.8 Å². The predicted molar refractivity (Wildman–Crippen MR) is 142 cm³/mol. The highest BCUT2D eigenvalue weighted by atomic mass is 32.2. The van der Waals surface area contributed by atoms with E-state index in [9.17, 15) is 21.6 Å². The molecule has 37 heavy (non-hydrogen) atoms. The molecule has 196 valence electrons. The second kappa shape index (κ2) is 10.9. The summed E-state index contributed by atoms with van der Waals surface area (Å²) in [4.78, 5) is 13.1. The van der Waals surface area contributed by atoms with Crippen molar-refractivity contribution in [3.63, 3.8) is 0 Å². The van der Waals surface area contributed by atoms with Crippen LogP contribution in [-0.2, 0) is 24.8 Å². The monoisotopic (exact) mass is 543 g/mol. The molecule has 0 bridgehead atoms. The summed E-state index contributed by atoms with van der Waals surface area (Å²) < 4.78 is 60.7. The average molecular weight is 544 g/mol. The molecule has 0 radical (unpaired) electrons. The van der Waals surface area contributed by atoms with Gasteiger partial charge in [0.15, 0.2) is 0 Å². The first kappa shape index (κ1) is 26.6. The molecule has 9 nitrogen and oxygen atoms in total. The van der Waals surface area contributed by atoms with E-state index in [1.54, 1.807) is 24.3 Å². The van der Waals surface area contributed by atoms with Crippen molar-refractivity contribution in [2.24, 2.45) is 5.92 Å². The van der Waals surface area contributed by atoms with Crippen molar-refractivity contribution in [2.45, 2.75) is 29.6 Å². The van der Waals surface area contributed by atoms with Crippen LogP contribution >= 0.6 is 0 Å². The Hall–Kier alpha value is -3.41. The molecule has 1 aliphatic heterocycles. The fourth-order valence-electron chi connectivity index (χ4n) is 4.12. The Labute approximate surface area is 217 Å². The van der Waals surface area contributed by atoms with Crippen LogP contribution in [0.4, 0.5) is 11.4 Å². The lowest BCUT2D eigenvalue weighted by molar-refractivity contribution is -0.120. The van der Waals surface area contributed by atoms with Crippen LogP contribution in [0.25, 0.3) is 0 Å². The van der Waals surface area contributed by atoms with Gasteiger partial charge in [0.1, 0.15) is 5.75 Å². The number of carbonyl (C=O) groups is 1. The van der Waals surface area contributed by atoms with Gasteiger partial charge >= 0.3 is 0 Å². The second-order valence-corrected chi connectivity index (χ2v) is 12.4. The van der Waals surface area contributed by atoms with E-state index in [2.05, 4.69) is 10.0 Å². The number of anilines is 2. The summed E-state index contributed by atoms with van der Waals surface area (Å²) in [6.07, 6.45) is 1.10. The van der Waals surface area contributed by atoms with Gasteiger partial charge in [0.2, 0.25) is 15.9 Å². The van der Waals surface area contributed by atoms with Crippen LogP contribution in [0.1, 0.15) is 18.4 Å². The molecule has 0 aliphatic carbocycles. The van der Waals surface area contributed by atoms with Gasteiger partial charge in [-0.25, -0.2) is 16.8 Å². The van der Waals surface area contributed by atoms with Gasteiger partial charge < -0.3 is 10.1 Å². The van der Waals surface area contributed by atoms with Gasteiger partial charge in [-0.05, 0) is 79.9 Å². The maximum absolute atomic E-state index is 13.1. The SMILES string of the molecule is COc1ccc(S(=O)(=O)N2CCC[C@H](C(=O)Nc3ccc(S(=O)(=O)Nc4ccccc4C)cc3)C2)cc1. The Morgan fingerprint density at radius 2 is 1.57 bits per heavy atom. The van der Waals surface area contributed by atoms with Crippen LogP contribution < -0.4 is 14.8 Å². The standard InChI is InChI=1S/C26H29N3O6S2/c1-19-6-3-4-8-25(19)28-36(31,32)23-13-9-21(10-14-23)27-26(30)20-7-5-17-29(18-20)37(33,34)24-15-11-22(35-2)12-16-24/h3-4,6,8-16,20,28H,5,7,17-18H2,1-2H3,(H,27,30)/t20-/m0/s1.